The Morgan fingerprint density at radius 2 is 1.09 bits per heavy atom. The summed E-state index contributed by atoms with van der Waals surface area (Å²) in [6.45, 7) is 6.75. The summed E-state index contributed by atoms with van der Waals surface area (Å²) in [5.41, 5.74) is 0. The molecule has 0 rings (SSSR count). The summed E-state index contributed by atoms with van der Waals surface area (Å²) in [4.78, 5) is 21.2. The van der Waals surface area contributed by atoms with Crippen LogP contribution >= 0.6 is 0 Å². The van der Waals surface area contributed by atoms with Crippen molar-refractivity contribution in [2.24, 2.45) is 0 Å². The van der Waals surface area contributed by atoms with E-state index in [9.17, 15) is 9.59 Å². The molecule has 0 unspecified atom stereocenters. The lowest BCUT2D eigenvalue weighted by atomic mass is 10.1. The van der Waals surface area contributed by atoms with Crippen LogP contribution in [0, 0.1) is 0 Å². The molecule has 0 aliphatic rings. The molecule has 188 valence electrons. The molecule has 0 aromatic rings. The molecule has 0 atom stereocenters. The van der Waals surface area contributed by atoms with Crippen LogP contribution in [0.15, 0.2) is 24.3 Å². The van der Waals surface area contributed by atoms with Gasteiger partial charge in [-0.2, -0.15) is 0 Å². The summed E-state index contributed by atoms with van der Waals surface area (Å²) in [5.74, 6) is -0.718. The Balaban J connectivity index is 0. The maximum absolute atomic E-state index is 11.1. The number of carbonyl (C=O) groups is 2. The average molecular weight is 453 g/mol. The minimum atomic E-state index is -0.670. The highest BCUT2D eigenvalue weighted by atomic mass is 16.5. The van der Waals surface area contributed by atoms with Crippen LogP contribution in [0.25, 0.3) is 0 Å². The fourth-order valence-corrected chi connectivity index (χ4v) is 3.19. The second kappa shape index (κ2) is 29.4. The maximum atomic E-state index is 11.1. The number of esters is 1. The molecular formula is C28H52O4. The third-order valence-corrected chi connectivity index (χ3v) is 5.13. The monoisotopic (exact) mass is 452 g/mol. The number of carbonyl (C=O) groups excluding carboxylic acids is 1. The number of allylic oxidation sites excluding steroid dienone is 4. The van der Waals surface area contributed by atoms with Crippen molar-refractivity contribution in [3.63, 3.8) is 0 Å². The first-order valence-corrected chi connectivity index (χ1v) is 13.3. The van der Waals surface area contributed by atoms with Gasteiger partial charge in [-0.3, -0.25) is 9.59 Å². The van der Waals surface area contributed by atoms with Crippen LogP contribution in [-0.4, -0.2) is 23.7 Å². The molecule has 0 aliphatic carbocycles. The van der Waals surface area contributed by atoms with Gasteiger partial charge in [0.15, 0.2) is 0 Å². The quantitative estimate of drug-likeness (QED) is 0.107. The highest BCUT2D eigenvalue weighted by molar-refractivity contribution is 5.69. The van der Waals surface area contributed by atoms with E-state index in [1.54, 1.807) is 0 Å². The SMILES string of the molecule is CCCCC/C=C\C/C=C\CCCCCCCC(=O)OCC.CCCCCCCC(=O)O. The minimum absolute atomic E-state index is 0.0480. The average Bonchev–Trinajstić information content (AvgIpc) is 2.77. The van der Waals surface area contributed by atoms with Gasteiger partial charge >= 0.3 is 11.9 Å². The molecule has 1 N–H and O–H groups in total. The predicted octanol–water partition coefficient (Wildman–Crippen LogP) is 8.79. The van der Waals surface area contributed by atoms with Gasteiger partial charge in [0.25, 0.3) is 0 Å². The first-order chi connectivity index (χ1) is 15.6. The number of unbranched alkanes of at least 4 members (excludes halogenated alkanes) is 12. The van der Waals surface area contributed by atoms with Crippen LogP contribution in [0.1, 0.15) is 136 Å². The Morgan fingerprint density at radius 1 is 0.625 bits per heavy atom. The molecule has 0 amide bonds. The number of hydrogen-bond donors (Lipinski definition) is 1. The molecule has 0 spiro atoms. The molecule has 0 aliphatic heterocycles. The molecule has 4 nitrogen and oxygen atoms in total. The first-order valence-electron chi connectivity index (χ1n) is 13.3. The first kappa shape index (κ1) is 32.6. The van der Waals surface area contributed by atoms with E-state index in [1.165, 1.54) is 70.6 Å². The second-order valence-corrected chi connectivity index (χ2v) is 8.34. The van der Waals surface area contributed by atoms with E-state index >= 15 is 0 Å². The Hall–Kier alpha value is -1.58. The van der Waals surface area contributed by atoms with Crippen LogP contribution in [0.3, 0.4) is 0 Å². The van der Waals surface area contributed by atoms with E-state index in [0.717, 1.165) is 32.1 Å². The molecule has 0 saturated carbocycles. The van der Waals surface area contributed by atoms with Gasteiger partial charge in [-0.05, 0) is 51.9 Å². The molecule has 0 bridgehead atoms. The number of ether oxygens (including phenoxy) is 1. The molecule has 0 saturated heterocycles. The number of aliphatic carboxylic acids is 1. The lowest BCUT2D eigenvalue weighted by Crippen LogP contribution is -2.03. The third kappa shape index (κ3) is 33.1. The lowest BCUT2D eigenvalue weighted by molar-refractivity contribution is -0.143. The zero-order valence-corrected chi connectivity index (χ0v) is 21.4. The van der Waals surface area contributed by atoms with Crippen LogP contribution in [0.4, 0.5) is 0 Å². The summed E-state index contributed by atoms with van der Waals surface area (Å²) in [6, 6.07) is 0. The molecule has 0 aromatic carbocycles. The highest BCUT2D eigenvalue weighted by Gasteiger charge is 2.00. The summed E-state index contributed by atoms with van der Waals surface area (Å²) in [5, 5.41) is 8.27. The second-order valence-electron chi connectivity index (χ2n) is 8.34. The zero-order chi connectivity index (χ0) is 24.1. The van der Waals surface area contributed by atoms with E-state index in [-0.39, 0.29) is 5.97 Å². The topological polar surface area (TPSA) is 63.6 Å². The van der Waals surface area contributed by atoms with Gasteiger partial charge in [-0.1, -0.05) is 95.9 Å². The van der Waals surface area contributed by atoms with E-state index in [4.69, 9.17) is 9.84 Å². The summed E-state index contributed by atoms with van der Waals surface area (Å²) < 4.78 is 4.91. The number of carboxylic acid groups (broad SMARTS) is 1. The molecule has 4 heteroatoms. The summed E-state index contributed by atoms with van der Waals surface area (Å²) in [6.07, 6.45) is 29.0. The highest BCUT2D eigenvalue weighted by Crippen LogP contribution is 2.08. The Bertz CT molecular complexity index is 454. The van der Waals surface area contributed by atoms with Gasteiger partial charge in [0, 0.05) is 12.8 Å². The van der Waals surface area contributed by atoms with Gasteiger partial charge < -0.3 is 9.84 Å². The van der Waals surface area contributed by atoms with Crippen molar-refractivity contribution in [2.75, 3.05) is 6.61 Å². The van der Waals surface area contributed by atoms with Crippen molar-refractivity contribution >= 4 is 11.9 Å². The number of carboxylic acids is 1. The molecule has 0 heterocycles. The van der Waals surface area contributed by atoms with Gasteiger partial charge in [-0.25, -0.2) is 0 Å². The van der Waals surface area contributed by atoms with Crippen molar-refractivity contribution in [2.45, 2.75) is 136 Å². The molecule has 0 aromatic heterocycles. The number of rotatable bonds is 21. The van der Waals surface area contributed by atoms with Crippen molar-refractivity contribution in [1.29, 1.82) is 0 Å². The Morgan fingerprint density at radius 3 is 1.66 bits per heavy atom. The van der Waals surface area contributed by atoms with E-state index in [2.05, 4.69) is 38.2 Å². The Labute approximate surface area is 198 Å². The van der Waals surface area contributed by atoms with E-state index in [0.29, 0.717) is 19.4 Å². The van der Waals surface area contributed by atoms with Gasteiger partial charge in [0.1, 0.15) is 0 Å². The van der Waals surface area contributed by atoms with Crippen molar-refractivity contribution in [3.05, 3.63) is 24.3 Å². The summed E-state index contributed by atoms with van der Waals surface area (Å²) in [7, 11) is 0. The standard InChI is InChI=1S/C20H36O2.C8H16O2/c1-3-5-6-7-8-9-10-11-12-13-14-15-16-17-18-19-20(21)22-4-2;1-2-3-4-5-6-7-8(9)10/h8-9,11-12H,3-7,10,13-19H2,1-2H3;2-7H2,1H3,(H,9,10)/b9-8-,12-11-;. The van der Waals surface area contributed by atoms with E-state index < -0.39 is 5.97 Å². The van der Waals surface area contributed by atoms with Crippen LogP contribution in [-0.2, 0) is 14.3 Å². The fourth-order valence-electron chi connectivity index (χ4n) is 3.19. The van der Waals surface area contributed by atoms with Crippen LogP contribution < -0.4 is 0 Å². The molecule has 0 radical (unpaired) electrons. The van der Waals surface area contributed by atoms with Gasteiger partial charge in [0.2, 0.25) is 0 Å². The summed E-state index contributed by atoms with van der Waals surface area (Å²) >= 11 is 0. The maximum Gasteiger partial charge on any atom is 0.305 e. The van der Waals surface area contributed by atoms with Crippen molar-refractivity contribution in [1.82, 2.24) is 0 Å². The van der Waals surface area contributed by atoms with E-state index in [1.807, 2.05) is 6.92 Å². The number of hydrogen-bond acceptors (Lipinski definition) is 3. The normalized spacial score (nSPS) is 11.0. The largest absolute Gasteiger partial charge is 0.481 e. The lowest BCUT2D eigenvalue weighted by Gasteiger charge is -2.01. The van der Waals surface area contributed by atoms with Crippen LogP contribution in [0.5, 0.6) is 0 Å². The predicted molar refractivity (Wildman–Crippen MR) is 137 cm³/mol. The van der Waals surface area contributed by atoms with Gasteiger partial charge in [0.05, 0.1) is 6.61 Å². The smallest absolute Gasteiger partial charge is 0.305 e. The van der Waals surface area contributed by atoms with Gasteiger partial charge in [-0.15, -0.1) is 0 Å². The fraction of sp³-hybridized carbons (Fsp3) is 0.786. The molecule has 32 heavy (non-hydrogen) atoms. The Kier molecular flexibility index (Phi) is 30.0. The molecular weight excluding hydrogens is 400 g/mol. The third-order valence-electron chi connectivity index (χ3n) is 5.13. The van der Waals surface area contributed by atoms with Crippen molar-refractivity contribution in [3.8, 4) is 0 Å². The van der Waals surface area contributed by atoms with Crippen molar-refractivity contribution < 1.29 is 19.4 Å². The molecule has 0 fully saturated rings. The minimum Gasteiger partial charge on any atom is -0.481 e. The zero-order valence-electron chi connectivity index (χ0n) is 21.4. The van der Waals surface area contributed by atoms with Crippen LogP contribution in [0.2, 0.25) is 0 Å².